The Bertz CT molecular complexity index is 402. The van der Waals surface area contributed by atoms with Gasteiger partial charge in [-0.25, -0.2) is 8.78 Å². The molecule has 18 heavy (non-hydrogen) atoms. The molecular weight excluding hydrogens is 246 g/mol. The van der Waals surface area contributed by atoms with Crippen molar-refractivity contribution in [2.24, 2.45) is 0 Å². The normalized spacial score (nSPS) is 11.2. The smallest absolute Gasteiger partial charge is 0.273 e. The average molecular weight is 260 g/mol. The maximum atomic E-state index is 12.3. The van der Waals surface area contributed by atoms with Crippen molar-refractivity contribution in [3.63, 3.8) is 0 Å². The molecular formula is C11H14F2N2O3. The van der Waals surface area contributed by atoms with Crippen LogP contribution in [0.5, 0.6) is 0 Å². The van der Waals surface area contributed by atoms with Crippen molar-refractivity contribution >= 4 is 5.69 Å². The van der Waals surface area contributed by atoms with Crippen LogP contribution in [0.3, 0.4) is 0 Å². The Hall–Kier alpha value is -1.60. The number of benzene rings is 1. The van der Waals surface area contributed by atoms with Crippen LogP contribution in [-0.2, 0) is 6.54 Å². The van der Waals surface area contributed by atoms with E-state index in [1.54, 1.807) is 6.07 Å². The number of aliphatic hydroxyl groups is 1. The highest BCUT2D eigenvalue weighted by Gasteiger charge is 2.17. The highest BCUT2D eigenvalue weighted by molar-refractivity contribution is 5.39. The van der Waals surface area contributed by atoms with E-state index in [1.165, 1.54) is 23.1 Å². The van der Waals surface area contributed by atoms with Crippen molar-refractivity contribution < 1.29 is 18.8 Å². The van der Waals surface area contributed by atoms with Gasteiger partial charge in [-0.15, -0.1) is 0 Å². The molecule has 0 amide bonds. The van der Waals surface area contributed by atoms with E-state index >= 15 is 0 Å². The molecule has 0 unspecified atom stereocenters. The van der Waals surface area contributed by atoms with Gasteiger partial charge >= 0.3 is 0 Å². The minimum atomic E-state index is -2.54. The van der Waals surface area contributed by atoms with Gasteiger partial charge in [0.15, 0.2) is 0 Å². The summed E-state index contributed by atoms with van der Waals surface area (Å²) in [6.07, 6.45) is -2.54. The maximum absolute atomic E-state index is 12.3. The molecule has 0 spiro atoms. The number of rotatable bonds is 7. The molecule has 1 aromatic carbocycles. The summed E-state index contributed by atoms with van der Waals surface area (Å²) in [5, 5.41) is 19.6. The minimum absolute atomic E-state index is 0.0159. The lowest BCUT2D eigenvalue weighted by Gasteiger charge is -2.20. The van der Waals surface area contributed by atoms with Crippen LogP contribution >= 0.6 is 0 Å². The van der Waals surface area contributed by atoms with Crippen molar-refractivity contribution in [1.82, 2.24) is 4.90 Å². The summed E-state index contributed by atoms with van der Waals surface area (Å²) in [5.74, 6) is 0. The topological polar surface area (TPSA) is 66.6 Å². The molecule has 1 aromatic rings. The second-order valence-corrected chi connectivity index (χ2v) is 3.74. The van der Waals surface area contributed by atoms with Crippen LogP contribution in [0.15, 0.2) is 24.3 Å². The molecule has 0 bridgehead atoms. The number of alkyl halides is 2. The lowest BCUT2D eigenvalue weighted by atomic mass is 10.1. The molecule has 0 aromatic heterocycles. The molecule has 0 aliphatic carbocycles. The monoisotopic (exact) mass is 260 g/mol. The number of halogens is 2. The molecule has 7 heteroatoms. The Morgan fingerprint density at radius 1 is 1.39 bits per heavy atom. The number of para-hydroxylation sites is 1. The van der Waals surface area contributed by atoms with Crippen LogP contribution in [0.1, 0.15) is 5.56 Å². The fourth-order valence-corrected chi connectivity index (χ4v) is 1.64. The van der Waals surface area contributed by atoms with Crippen molar-refractivity contribution in [3.05, 3.63) is 39.9 Å². The summed E-state index contributed by atoms with van der Waals surface area (Å²) < 4.78 is 24.6. The molecule has 0 aliphatic rings. The molecule has 0 radical (unpaired) electrons. The van der Waals surface area contributed by atoms with E-state index in [2.05, 4.69) is 0 Å². The van der Waals surface area contributed by atoms with Crippen LogP contribution in [-0.4, -0.2) is 41.1 Å². The van der Waals surface area contributed by atoms with Gasteiger partial charge in [0.25, 0.3) is 12.1 Å². The van der Waals surface area contributed by atoms with Gasteiger partial charge in [-0.3, -0.25) is 15.0 Å². The van der Waals surface area contributed by atoms with Gasteiger partial charge in [-0.2, -0.15) is 0 Å². The first kappa shape index (κ1) is 14.5. The van der Waals surface area contributed by atoms with Crippen LogP contribution in [0.25, 0.3) is 0 Å². The third-order valence-electron chi connectivity index (χ3n) is 2.39. The zero-order valence-electron chi connectivity index (χ0n) is 9.63. The van der Waals surface area contributed by atoms with Gasteiger partial charge < -0.3 is 5.11 Å². The highest BCUT2D eigenvalue weighted by Crippen LogP contribution is 2.19. The molecule has 1 rings (SSSR count). The SMILES string of the molecule is O=[N+]([O-])c1ccccc1CN(CCO)CC(F)F. The van der Waals surface area contributed by atoms with E-state index in [-0.39, 0.29) is 25.4 Å². The zero-order chi connectivity index (χ0) is 13.5. The average Bonchev–Trinajstić information content (AvgIpc) is 2.28. The van der Waals surface area contributed by atoms with Crippen LogP contribution in [0.2, 0.25) is 0 Å². The van der Waals surface area contributed by atoms with Crippen LogP contribution in [0.4, 0.5) is 14.5 Å². The first-order chi connectivity index (χ1) is 8.54. The molecule has 0 heterocycles. The number of aliphatic hydroxyl groups excluding tert-OH is 1. The number of hydrogen-bond donors (Lipinski definition) is 1. The maximum Gasteiger partial charge on any atom is 0.273 e. The summed E-state index contributed by atoms with van der Waals surface area (Å²) in [6.45, 7) is -0.724. The van der Waals surface area contributed by atoms with E-state index in [0.717, 1.165) is 0 Å². The Morgan fingerprint density at radius 2 is 2.06 bits per heavy atom. The third kappa shape index (κ3) is 4.34. The predicted molar refractivity (Wildman–Crippen MR) is 61.5 cm³/mol. The Kier molecular flexibility index (Phi) is 5.60. The van der Waals surface area contributed by atoms with Crippen molar-refractivity contribution in [1.29, 1.82) is 0 Å². The fourth-order valence-electron chi connectivity index (χ4n) is 1.64. The predicted octanol–water partition coefficient (Wildman–Crippen LogP) is 1.65. The van der Waals surface area contributed by atoms with Crippen molar-refractivity contribution in [3.8, 4) is 0 Å². The first-order valence-electron chi connectivity index (χ1n) is 5.38. The van der Waals surface area contributed by atoms with E-state index in [4.69, 9.17) is 5.11 Å². The Labute approximate surface area is 103 Å². The summed E-state index contributed by atoms with van der Waals surface area (Å²) in [6, 6.07) is 5.98. The van der Waals surface area contributed by atoms with E-state index in [1.807, 2.05) is 0 Å². The molecule has 100 valence electrons. The third-order valence-corrected chi connectivity index (χ3v) is 2.39. The van der Waals surface area contributed by atoms with Crippen LogP contribution < -0.4 is 0 Å². The molecule has 5 nitrogen and oxygen atoms in total. The number of nitrogens with zero attached hydrogens (tertiary/aromatic N) is 2. The van der Waals surface area contributed by atoms with Crippen molar-refractivity contribution in [2.75, 3.05) is 19.7 Å². The standard InChI is InChI=1S/C11H14F2N2O3/c12-11(13)8-14(5-6-16)7-9-3-1-2-4-10(9)15(17)18/h1-4,11,16H,5-8H2. The molecule has 0 saturated carbocycles. The first-order valence-corrected chi connectivity index (χ1v) is 5.38. The fraction of sp³-hybridized carbons (Fsp3) is 0.455. The molecule has 1 N–H and O–H groups in total. The van der Waals surface area contributed by atoms with Gasteiger partial charge in [0.2, 0.25) is 0 Å². The highest BCUT2D eigenvalue weighted by atomic mass is 19.3. The quantitative estimate of drug-likeness (QED) is 0.598. The van der Waals surface area contributed by atoms with Gasteiger partial charge in [0.1, 0.15) is 0 Å². The zero-order valence-corrected chi connectivity index (χ0v) is 9.63. The molecule has 0 fully saturated rings. The van der Waals surface area contributed by atoms with E-state index in [0.29, 0.717) is 5.56 Å². The molecule has 0 aliphatic heterocycles. The van der Waals surface area contributed by atoms with E-state index in [9.17, 15) is 18.9 Å². The lowest BCUT2D eigenvalue weighted by molar-refractivity contribution is -0.385. The molecule has 0 atom stereocenters. The molecule has 0 saturated heterocycles. The summed E-state index contributed by atoms with van der Waals surface area (Å²) >= 11 is 0. The second kappa shape index (κ2) is 6.97. The summed E-state index contributed by atoms with van der Waals surface area (Å²) in [4.78, 5) is 11.5. The van der Waals surface area contributed by atoms with Gasteiger partial charge in [0, 0.05) is 24.7 Å². The number of nitro groups is 1. The minimum Gasteiger partial charge on any atom is -0.395 e. The van der Waals surface area contributed by atoms with Gasteiger partial charge in [-0.1, -0.05) is 18.2 Å². The Balaban J connectivity index is 2.82. The summed E-state index contributed by atoms with van der Waals surface area (Å²) in [7, 11) is 0. The summed E-state index contributed by atoms with van der Waals surface area (Å²) in [5.41, 5.74) is 0.256. The van der Waals surface area contributed by atoms with Crippen LogP contribution in [0, 0.1) is 10.1 Å². The van der Waals surface area contributed by atoms with Crippen molar-refractivity contribution in [2.45, 2.75) is 13.0 Å². The van der Waals surface area contributed by atoms with Gasteiger partial charge in [-0.05, 0) is 0 Å². The van der Waals surface area contributed by atoms with Gasteiger partial charge in [0.05, 0.1) is 18.1 Å². The number of nitro benzene ring substituents is 1. The largest absolute Gasteiger partial charge is 0.395 e. The lowest BCUT2D eigenvalue weighted by Crippen LogP contribution is -2.31. The van der Waals surface area contributed by atoms with E-state index < -0.39 is 17.9 Å². The second-order valence-electron chi connectivity index (χ2n) is 3.74. The Morgan fingerprint density at radius 3 is 2.61 bits per heavy atom. The number of hydrogen-bond acceptors (Lipinski definition) is 4.